The zero-order valence-electron chi connectivity index (χ0n) is 19.7. The third-order valence-corrected chi connectivity index (χ3v) is 8.05. The summed E-state index contributed by atoms with van der Waals surface area (Å²) >= 11 is 0. The Morgan fingerprint density at radius 3 is 2.09 bits per heavy atom. The number of Topliss-reactive ketones (excluding diaryl/α,β-unsaturated/α-hetero) is 1. The van der Waals surface area contributed by atoms with Gasteiger partial charge in [-0.2, -0.15) is 26.3 Å². The molecule has 9 heteroatoms. The smallest absolute Gasteiger partial charge is 0.390 e. The lowest BCUT2D eigenvalue weighted by molar-refractivity contribution is -0.347. The highest BCUT2D eigenvalue weighted by molar-refractivity contribution is 5.83. The van der Waals surface area contributed by atoms with Gasteiger partial charge in [-0.25, -0.2) is 0 Å². The van der Waals surface area contributed by atoms with E-state index in [2.05, 4.69) is 0 Å². The standard InChI is InChI=1S/C24H36F6O3/c1-19(2,32)11-6-12-20(3,13-7-15-22(33,23(25,26)27)24(28,29)30)18-10-9-16-17(31)8-5-14-21(16,18)4/h7,15-16,18,32-33H,5-6,8-14H2,1-4H3/b15-7+/t16-,18+,20+,21-/m0/s1. The van der Waals surface area contributed by atoms with Gasteiger partial charge < -0.3 is 10.2 Å². The van der Waals surface area contributed by atoms with Crippen molar-refractivity contribution in [1.29, 1.82) is 0 Å². The van der Waals surface area contributed by atoms with Crippen molar-refractivity contribution >= 4 is 5.78 Å². The number of carbonyl (C=O) groups excluding carboxylic acids is 1. The van der Waals surface area contributed by atoms with Crippen molar-refractivity contribution in [2.75, 3.05) is 0 Å². The fourth-order valence-electron chi connectivity index (χ4n) is 6.27. The highest BCUT2D eigenvalue weighted by Gasteiger charge is 2.69. The number of carbonyl (C=O) groups is 1. The number of ketones is 1. The fourth-order valence-corrected chi connectivity index (χ4v) is 6.27. The largest absolute Gasteiger partial charge is 0.429 e. The summed E-state index contributed by atoms with van der Waals surface area (Å²) in [5, 5.41) is 19.6. The lowest BCUT2D eigenvalue weighted by Gasteiger charge is -2.48. The summed E-state index contributed by atoms with van der Waals surface area (Å²) < 4.78 is 78.6. The molecule has 0 saturated heterocycles. The van der Waals surface area contributed by atoms with Crippen molar-refractivity contribution < 1.29 is 41.4 Å². The van der Waals surface area contributed by atoms with Crippen LogP contribution in [0, 0.1) is 22.7 Å². The van der Waals surface area contributed by atoms with Crippen LogP contribution in [0.1, 0.15) is 85.5 Å². The third-order valence-electron chi connectivity index (χ3n) is 8.05. The van der Waals surface area contributed by atoms with Gasteiger partial charge in [0.05, 0.1) is 5.60 Å². The summed E-state index contributed by atoms with van der Waals surface area (Å²) in [5.41, 5.74) is -6.93. The molecule has 0 heterocycles. The first-order chi connectivity index (χ1) is 14.8. The van der Waals surface area contributed by atoms with Crippen LogP contribution < -0.4 is 0 Å². The Balaban J connectivity index is 2.36. The van der Waals surface area contributed by atoms with Gasteiger partial charge >= 0.3 is 12.4 Å². The van der Waals surface area contributed by atoms with Crippen LogP contribution in [0.5, 0.6) is 0 Å². The van der Waals surface area contributed by atoms with Gasteiger partial charge in [0.25, 0.3) is 5.60 Å². The Labute approximate surface area is 191 Å². The highest BCUT2D eigenvalue weighted by atomic mass is 19.4. The van der Waals surface area contributed by atoms with Gasteiger partial charge in [-0.3, -0.25) is 4.79 Å². The number of alkyl halides is 6. The lowest BCUT2D eigenvalue weighted by atomic mass is 9.56. The van der Waals surface area contributed by atoms with Crippen LogP contribution in [0.15, 0.2) is 12.2 Å². The fraction of sp³-hybridized carbons (Fsp3) is 0.875. The number of aliphatic hydroxyl groups is 2. The van der Waals surface area contributed by atoms with Crippen LogP contribution in [0.2, 0.25) is 0 Å². The molecular weight excluding hydrogens is 450 g/mol. The van der Waals surface area contributed by atoms with E-state index >= 15 is 0 Å². The van der Waals surface area contributed by atoms with E-state index in [1.807, 2.05) is 13.8 Å². The van der Waals surface area contributed by atoms with Gasteiger partial charge in [0, 0.05) is 12.3 Å². The van der Waals surface area contributed by atoms with Crippen molar-refractivity contribution in [1.82, 2.24) is 0 Å². The Hall–Kier alpha value is -1.09. The molecule has 0 aromatic rings. The van der Waals surface area contributed by atoms with E-state index in [1.54, 1.807) is 13.8 Å². The SMILES string of the molecule is CC(C)(O)CCC[C@](C)(C/C=C/C(O)(C(F)(F)F)C(F)(F)F)[C@H]1CC[C@H]2C(=O)CCC[C@]12C. The van der Waals surface area contributed by atoms with Crippen molar-refractivity contribution in [3.8, 4) is 0 Å². The summed E-state index contributed by atoms with van der Waals surface area (Å²) in [4.78, 5) is 12.5. The normalized spacial score (nSPS) is 29.4. The summed E-state index contributed by atoms with van der Waals surface area (Å²) in [6, 6.07) is 0. The molecule has 0 aliphatic heterocycles. The van der Waals surface area contributed by atoms with Gasteiger partial charge in [0.2, 0.25) is 0 Å². The topological polar surface area (TPSA) is 57.5 Å². The Morgan fingerprint density at radius 1 is 1.00 bits per heavy atom. The van der Waals surface area contributed by atoms with Crippen molar-refractivity contribution in [2.45, 2.75) is 109 Å². The molecule has 0 spiro atoms. The second-order valence-electron chi connectivity index (χ2n) is 11.2. The van der Waals surface area contributed by atoms with E-state index in [0.29, 0.717) is 38.5 Å². The predicted octanol–water partition coefficient (Wildman–Crippen LogP) is 6.52. The molecule has 2 fully saturated rings. The van der Waals surface area contributed by atoms with E-state index in [1.165, 1.54) is 0 Å². The second kappa shape index (κ2) is 9.17. The monoisotopic (exact) mass is 486 g/mol. The summed E-state index contributed by atoms with van der Waals surface area (Å²) in [5.74, 6) is -0.0316. The molecule has 3 nitrogen and oxygen atoms in total. The van der Waals surface area contributed by atoms with E-state index in [9.17, 15) is 41.4 Å². The minimum atomic E-state index is -5.90. The van der Waals surface area contributed by atoms with Gasteiger partial charge in [0.15, 0.2) is 0 Å². The van der Waals surface area contributed by atoms with Crippen molar-refractivity contribution in [3.63, 3.8) is 0 Å². The molecule has 0 aromatic heterocycles. The third kappa shape index (κ3) is 5.77. The average Bonchev–Trinajstić information content (AvgIpc) is 2.97. The maximum absolute atomic E-state index is 13.1. The van der Waals surface area contributed by atoms with Crippen LogP contribution in [0.4, 0.5) is 26.3 Å². The zero-order chi connectivity index (χ0) is 25.5. The first-order valence-corrected chi connectivity index (χ1v) is 11.6. The van der Waals surface area contributed by atoms with Gasteiger partial charge in [0.1, 0.15) is 5.78 Å². The van der Waals surface area contributed by atoms with Gasteiger partial charge in [-0.1, -0.05) is 26.3 Å². The predicted molar refractivity (Wildman–Crippen MR) is 112 cm³/mol. The Bertz CT molecular complexity index is 722. The number of halogens is 6. The Kier molecular flexibility index (Phi) is 7.82. The number of hydrogen-bond acceptors (Lipinski definition) is 3. The zero-order valence-corrected chi connectivity index (χ0v) is 19.7. The molecule has 0 radical (unpaired) electrons. The molecule has 2 N–H and O–H groups in total. The van der Waals surface area contributed by atoms with Crippen molar-refractivity contribution in [3.05, 3.63) is 12.2 Å². The van der Waals surface area contributed by atoms with Crippen LogP contribution in [0.3, 0.4) is 0 Å². The minimum Gasteiger partial charge on any atom is -0.390 e. The number of rotatable bonds is 8. The van der Waals surface area contributed by atoms with Crippen LogP contribution in [0.25, 0.3) is 0 Å². The molecule has 2 rings (SSSR count). The molecule has 2 aliphatic rings. The summed E-state index contributed by atoms with van der Waals surface area (Å²) in [6.45, 7) is 7.15. The molecule has 2 aliphatic carbocycles. The first-order valence-electron chi connectivity index (χ1n) is 11.6. The van der Waals surface area contributed by atoms with Crippen LogP contribution >= 0.6 is 0 Å². The number of allylic oxidation sites excluding steroid dienone is 1. The van der Waals surface area contributed by atoms with E-state index in [4.69, 9.17) is 0 Å². The van der Waals surface area contributed by atoms with Gasteiger partial charge in [-0.15, -0.1) is 0 Å². The molecule has 0 aromatic carbocycles. The van der Waals surface area contributed by atoms with E-state index in [0.717, 1.165) is 18.9 Å². The molecular formula is C24H36F6O3. The minimum absolute atomic E-state index is 0.0735. The van der Waals surface area contributed by atoms with E-state index < -0.39 is 29.0 Å². The molecule has 0 amide bonds. The molecule has 2 saturated carbocycles. The number of fused-ring (bicyclic) bond motifs is 1. The van der Waals surface area contributed by atoms with Gasteiger partial charge in [-0.05, 0) is 81.6 Å². The van der Waals surface area contributed by atoms with Crippen LogP contribution in [-0.2, 0) is 4.79 Å². The second-order valence-corrected chi connectivity index (χ2v) is 11.2. The molecule has 4 atom stereocenters. The maximum Gasteiger partial charge on any atom is 0.429 e. The lowest BCUT2D eigenvalue weighted by Crippen LogP contribution is -2.55. The quantitative estimate of drug-likeness (QED) is 0.303. The summed E-state index contributed by atoms with van der Waals surface area (Å²) in [7, 11) is 0. The molecule has 0 unspecified atom stereocenters. The highest BCUT2D eigenvalue weighted by Crippen LogP contribution is 2.61. The van der Waals surface area contributed by atoms with Crippen molar-refractivity contribution in [2.24, 2.45) is 22.7 Å². The first kappa shape index (κ1) is 28.1. The average molecular weight is 487 g/mol. The van der Waals surface area contributed by atoms with E-state index in [-0.39, 0.29) is 35.5 Å². The Morgan fingerprint density at radius 2 is 1.58 bits per heavy atom. The maximum atomic E-state index is 13.1. The number of hydrogen-bond donors (Lipinski definition) is 2. The summed E-state index contributed by atoms with van der Waals surface area (Å²) in [6.07, 6.45) is -6.52. The molecule has 0 bridgehead atoms. The molecule has 192 valence electrons. The van der Waals surface area contributed by atoms with Crippen LogP contribution in [-0.4, -0.2) is 39.6 Å². The molecule has 33 heavy (non-hydrogen) atoms.